The fourth-order valence-corrected chi connectivity index (χ4v) is 5.05. The first-order valence-corrected chi connectivity index (χ1v) is 10.9. The molecule has 1 saturated heterocycles. The van der Waals surface area contributed by atoms with Gasteiger partial charge in [0, 0.05) is 24.5 Å². The number of morpholine rings is 1. The number of hydrogen-bond donors (Lipinski definition) is 1. The fraction of sp³-hybridized carbons (Fsp3) is 0.444. The van der Waals surface area contributed by atoms with E-state index in [0.29, 0.717) is 25.5 Å². The monoisotopic (exact) mass is 396 g/mol. The molecule has 1 aromatic carbocycles. The molecular formula is C18H24N2O4S2. The number of benzene rings is 1. The summed E-state index contributed by atoms with van der Waals surface area (Å²) in [7, 11) is -2.02. The van der Waals surface area contributed by atoms with E-state index in [-0.39, 0.29) is 10.9 Å². The third-order valence-electron chi connectivity index (χ3n) is 4.50. The van der Waals surface area contributed by atoms with Crippen molar-refractivity contribution in [2.24, 2.45) is 0 Å². The molecule has 1 fully saturated rings. The summed E-state index contributed by atoms with van der Waals surface area (Å²) in [4.78, 5) is 3.68. The topological polar surface area (TPSA) is 67.9 Å². The van der Waals surface area contributed by atoms with E-state index in [0.717, 1.165) is 23.5 Å². The minimum absolute atomic E-state index is 0.00743. The van der Waals surface area contributed by atoms with Crippen LogP contribution in [0, 0.1) is 6.92 Å². The molecule has 0 amide bonds. The molecule has 1 atom stereocenters. The first-order valence-electron chi connectivity index (χ1n) is 8.51. The lowest BCUT2D eigenvalue weighted by Gasteiger charge is -2.34. The molecule has 1 unspecified atom stereocenters. The van der Waals surface area contributed by atoms with E-state index in [4.69, 9.17) is 9.47 Å². The molecular weight excluding hydrogens is 372 g/mol. The van der Waals surface area contributed by atoms with Gasteiger partial charge in [0.25, 0.3) is 0 Å². The zero-order valence-electron chi connectivity index (χ0n) is 15.0. The van der Waals surface area contributed by atoms with Crippen molar-refractivity contribution in [1.29, 1.82) is 0 Å². The normalized spacial score (nSPS) is 17.2. The van der Waals surface area contributed by atoms with Gasteiger partial charge in [0.1, 0.15) is 5.75 Å². The lowest BCUT2D eigenvalue weighted by atomic mass is 10.2. The molecule has 2 heterocycles. The van der Waals surface area contributed by atoms with Gasteiger partial charge in [0.15, 0.2) is 0 Å². The molecule has 0 bridgehead atoms. The van der Waals surface area contributed by atoms with Crippen LogP contribution in [0.15, 0.2) is 40.6 Å². The Morgan fingerprint density at radius 3 is 2.69 bits per heavy atom. The fourth-order valence-electron chi connectivity index (χ4n) is 3.07. The van der Waals surface area contributed by atoms with Crippen LogP contribution in [0.5, 0.6) is 5.75 Å². The number of methoxy groups -OCH3 is 1. The summed E-state index contributed by atoms with van der Waals surface area (Å²) >= 11 is 1.64. The second-order valence-electron chi connectivity index (χ2n) is 6.16. The van der Waals surface area contributed by atoms with Crippen molar-refractivity contribution < 1.29 is 17.9 Å². The molecule has 1 N–H and O–H groups in total. The van der Waals surface area contributed by atoms with Crippen LogP contribution >= 0.6 is 11.3 Å². The van der Waals surface area contributed by atoms with Gasteiger partial charge in [-0.3, -0.25) is 4.90 Å². The van der Waals surface area contributed by atoms with Crippen molar-refractivity contribution >= 4 is 21.4 Å². The Morgan fingerprint density at radius 1 is 1.31 bits per heavy atom. The van der Waals surface area contributed by atoms with Gasteiger partial charge in [0.2, 0.25) is 10.0 Å². The molecule has 2 aromatic rings. The minimum atomic E-state index is -3.59. The minimum Gasteiger partial charge on any atom is -0.496 e. The summed E-state index contributed by atoms with van der Waals surface area (Å²) in [6.45, 7) is 5.10. The van der Waals surface area contributed by atoms with Crippen LogP contribution in [0.4, 0.5) is 0 Å². The summed E-state index contributed by atoms with van der Waals surface area (Å²) in [6.07, 6.45) is 0. The standard InChI is InChI=1S/C18H24N2O4S2/c1-14-12-15(5-6-17(14)23-2)26(21,22)19-13-16(18-4-3-11-25-18)20-7-9-24-10-8-20/h3-6,11-12,16,19H,7-10,13H2,1-2H3. The molecule has 1 aromatic heterocycles. The highest BCUT2D eigenvalue weighted by Gasteiger charge is 2.26. The SMILES string of the molecule is COc1ccc(S(=O)(=O)NCC(c2cccs2)N2CCOCC2)cc1C. The second-order valence-corrected chi connectivity index (χ2v) is 8.91. The van der Waals surface area contributed by atoms with Crippen LogP contribution in [-0.2, 0) is 14.8 Å². The largest absolute Gasteiger partial charge is 0.496 e. The Balaban J connectivity index is 1.76. The maximum absolute atomic E-state index is 12.7. The van der Waals surface area contributed by atoms with E-state index in [1.807, 2.05) is 18.4 Å². The van der Waals surface area contributed by atoms with E-state index < -0.39 is 10.0 Å². The van der Waals surface area contributed by atoms with Crippen LogP contribution < -0.4 is 9.46 Å². The van der Waals surface area contributed by atoms with Crippen molar-refractivity contribution in [2.45, 2.75) is 17.9 Å². The van der Waals surface area contributed by atoms with Crippen LogP contribution in [0.25, 0.3) is 0 Å². The van der Waals surface area contributed by atoms with Gasteiger partial charge in [-0.15, -0.1) is 11.3 Å². The zero-order valence-corrected chi connectivity index (χ0v) is 16.6. The number of ether oxygens (including phenoxy) is 2. The number of rotatable bonds is 7. The molecule has 26 heavy (non-hydrogen) atoms. The Labute approximate surface area is 158 Å². The highest BCUT2D eigenvalue weighted by molar-refractivity contribution is 7.89. The first kappa shape index (κ1) is 19.3. The molecule has 1 aliphatic heterocycles. The lowest BCUT2D eigenvalue weighted by molar-refractivity contribution is 0.0179. The Bertz CT molecular complexity index is 816. The van der Waals surface area contributed by atoms with Gasteiger partial charge in [-0.2, -0.15) is 0 Å². The van der Waals surface area contributed by atoms with Crippen molar-refractivity contribution in [3.8, 4) is 5.75 Å². The third kappa shape index (κ3) is 4.44. The highest BCUT2D eigenvalue weighted by atomic mass is 32.2. The van der Waals surface area contributed by atoms with E-state index in [1.165, 1.54) is 0 Å². The Morgan fingerprint density at radius 2 is 2.08 bits per heavy atom. The lowest BCUT2D eigenvalue weighted by Crippen LogP contribution is -2.43. The molecule has 0 aliphatic carbocycles. The summed E-state index contributed by atoms with van der Waals surface area (Å²) in [5.74, 6) is 0.675. The molecule has 3 rings (SSSR count). The van der Waals surface area contributed by atoms with Crippen LogP contribution in [-0.4, -0.2) is 53.3 Å². The average Bonchev–Trinajstić information content (AvgIpc) is 3.17. The van der Waals surface area contributed by atoms with E-state index in [2.05, 4.69) is 15.7 Å². The summed E-state index contributed by atoms with van der Waals surface area (Å²) < 4.78 is 38.9. The predicted octanol–water partition coefficient (Wildman–Crippen LogP) is 2.42. The van der Waals surface area contributed by atoms with Crippen molar-refractivity contribution in [3.63, 3.8) is 0 Å². The number of hydrogen-bond acceptors (Lipinski definition) is 6. The van der Waals surface area contributed by atoms with Gasteiger partial charge in [-0.05, 0) is 42.1 Å². The van der Waals surface area contributed by atoms with Crippen LogP contribution in [0.1, 0.15) is 16.5 Å². The van der Waals surface area contributed by atoms with Gasteiger partial charge in [-0.25, -0.2) is 13.1 Å². The molecule has 1 aliphatic rings. The molecule has 0 radical (unpaired) electrons. The average molecular weight is 397 g/mol. The van der Waals surface area contributed by atoms with Crippen molar-refractivity contribution in [2.75, 3.05) is 40.0 Å². The predicted molar refractivity (Wildman–Crippen MR) is 102 cm³/mol. The number of nitrogens with one attached hydrogen (secondary N) is 1. The number of thiophene rings is 1. The van der Waals surface area contributed by atoms with Crippen LogP contribution in [0.2, 0.25) is 0 Å². The number of nitrogens with zero attached hydrogens (tertiary/aromatic N) is 1. The van der Waals surface area contributed by atoms with Gasteiger partial charge in [-0.1, -0.05) is 6.07 Å². The molecule has 0 saturated carbocycles. The maximum Gasteiger partial charge on any atom is 0.240 e. The summed E-state index contributed by atoms with van der Waals surface area (Å²) in [6, 6.07) is 8.95. The molecule has 8 heteroatoms. The van der Waals surface area contributed by atoms with Crippen LogP contribution in [0.3, 0.4) is 0 Å². The zero-order chi connectivity index (χ0) is 18.6. The Kier molecular flexibility index (Phi) is 6.31. The van der Waals surface area contributed by atoms with Gasteiger partial charge in [0.05, 0.1) is 31.3 Å². The summed E-state index contributed by atoms with van der Waals surface area (Å²) in [5, 5.41) is 2.02. The molecule has 6 nitrogen and oxygen atoms in total. The number of aryl methyl sites for hydroxylation is 1. The first-order chi connectivity index (χ1) is 12.5. The van der Waals surface area contributed by atoms with Crippen molar-refractivity contribution in [3.05, 3.63) is 46.2 Å². The van der Waals surface area contributed by atoms with E-state index >= 15 is 0 Å². The smallest absolute Gasteiger partial charge is 0.240 e. The Hall–Kier alpha value is -1.45. The molecule has 142 valence electrons. The quantitative estimate of drug-likeness (QED) is 0.778. The summed E-state index contributed by atoms with van der Waals surface area (Å²) in [5.41, 5.74) is 0.790. The van der Waals surface area contributed by atoms with Gasteiger partial charge >= 0.3 is 0 Å². The van der Waals surface area contributed by atoms with Crippen molar-refractivity contribution in [1.82, 2.24) is 9.62 Å². The third-order valence-corrected chi connectivity index (χ3v) is 6.90. The van der Waals surface area contributed by atoms with E-state index in [1.54, 1.807) is 36.6 Å². The second kappa shape index (κ2) is 8.49. The van der Waals surface area contributed by atoms with Gasteiger partial charge < -0.3 is 9.47 Å². The number of sulfonamides is 1. The molecule has 0 spiro atoms. The van der Waals surface area contributed by atoms with E-state index in [9.17, 15) is 8.42 Å². The highest BCUT2D eigenvalue weighted by Crippen LogP contribution is 2.26. The maximum atomic E-state index is 12.7.